The first-order valence-corrected chi connectivity index (χ1v) is 12.6. The number of aliphatic hydroxyl groups excluding tert-OH is 1. The molecule has 1 saturated heterocycles. The molecule has 2 N–H and O–H groups in total. The van der Waals surface area contributed by atoms with Gasteiger partial charge in [0.15, 0.2) is 0 Å². The summed E-state index contributed by atoms with van der Waals surface area (Å²) in [6, 6.07) is 13.4. The van der Waals surface area contributed by atoms with E-state index in [2.05, 4.69) is 33.0 Å². The number of ether oxygens (including phenoxy) is 1. The normalized spacial score (nSPS) is 16.1. The van der Waals surface area contributed by atoms with Crippen molar-refractivity contribution in [2.45, 2.75) is 32.5 Å². The van der Waals surface area contributed by atoms with Gasteiger partial charge in [-0.15, -0.1) is 0 Å². The molecule has 5 rings (SSSR count). The van der Waals surface area contributed by atoms with E-state index in [0.29, 0.717) is 35.1 Å². The van der Waals surface area contributed by atoms with Crippen molar-refractivity contribution < 1.29 is 14.6 Å². The number of hydrogen-bond acceptors (Lipinski definition) is 7. The van der Waals surface area contributed by atoms with Crippen LogP contribution in [0.4, 0.5) is 0 Å². The van der Waals surface area contributed by atoms with Crippen molar-refractivity contribution in [3.63, 3.8) is 0 Å². The van der Waals surface area contributed by atoms with E-state index in [-0.39, 0.29) is 12.0 Å². The lowest BCUT2D eigenvalue weighted by Gasteiger charge is -2.32. The number of carbonyl (C=O) groups excluding carboxylic acids is 1. The van der Waals surface area contributed by atoms with Crippen LogP contribution in [0.5, 0.6) is 5.75 Å². The molecule has 4 aromatic rings. The molecule has 1 aliphatic heterocycles. The van der Waals surface area contributed by atoms with Crippen molar-refractivity contribution in [2.24, 2.45) is 0 Å². The molecule has 0 spiro atoms. The van der Waals surface area contributed by atoms with Crippen molar-refractivity contribution in [1.29, 1.82) is 0 Å². The summed E-state index contributed by atoms with van der Waals surface area (Å²) in [4.78, 5) is 34.0. The molecule has 1 aliphatic rings. The quantitative estimate of drug-likeness (QED) is 0.401. The number of likely N-dealkylation sites (N-methyl/N-ethyl adjacent to an activating group) is 1. The number of rotatable bonds is 7. The van der Waals surface area contributed by atoms with Gasteiger partial charge in [-0.3, -0.25) is 9.78 Å². The van der Waals surface area contributed by atoms with Crippen LogP contribution in [-0.2, 0) is 6.42 Å². The highest BCUT2D eigenvalue weighted by atomic mass is 16.5. The Bertz CT molecular complexity index is 1390. The standard InChI is InChI=1S/C28H32N6O3/c1-18(35)19(2)37-22-6-8-29-25(17-22)24-7-9-30-27(32-24)15-20-4-5-23-21(14-20)16-26(31-23)28(36)34-12-10-33(3)11-13-34/h4-9,14,16-19,31,35H,10-13,15H2,1-3H3/t18-,19-/m0/s1. The van der Waals surface area contributed by atoms with Gasteiger partial charge in [0.05, 0.1) is 17.5 Å². The lowest BCUT2D eigenvalue weighted by Crippen LogP contribution is -2.47. The molecule has 37 heavy (non-hydrogen) atoms. The first kappa shape index (κ1) is 24.9. The van der Waals surface area contributed by atoms with Crippen molar-refractivity contribution in [3.05, 3.63) is 71.9 Å². The Labute approximate surface area is 216 Å². The van der Waals surface area contributed by atoms with E-state index in [4.69, 9.17) is 9.72 Å². The van der Waals surface area contributed by atoms with E-state index in [1.165, 1.54) is 0 Å². The van der Waals surface area contributed by atoms with Crippen molar-refractivity contribution in [2.75, 3.05) is 33.2 Å². The first-order valence-electron chi connectivity index (χ1n) is 12.6. The third kappa shape index (κ3) is 5.79. The molecule has 9 nitrogen and oxygen atoms in total. The number of aromatic nitrogens is 4. The fourth-order valence-electron chi connectivity index (χ4n) is 4.33. The van der Waals surface area contributed by atoms with E-state index < -0.39 is 6.10 Å². The average molecular weight is 501 g/mol. The minimum atomic E-state index is -0.583. The van der Waals surface area contributed by atoms with Crippen LogP contribution in [0.15, 0.2) is 54.9 Å². The van der Waals surface area contributed by atoms with Crippen LogP contribution < -0.4 is 4.74 Å². The number of amides is 1. The summed E-state index contributed by atoms with van der Waals surface area (Å²) in [5.74, 6) is 1.34. The molecule has 3 aromatic heterocycles. The molecule has 2 atom stereocenters. The van der Waals surface area contributed by atoms with Crippen LogP contribution in [0, 0.1) is 0 Å². The minimum Gasteiger partial charge on any atom is -0.488 e. The largest absolute Gasteiger partial charge is 0.488 e. The number of aliphatic hydroxyl groups is 1. The number of H-pyrrole nitrogens is 1. The molecule has 0 unspecified atom stereocenters. The van der Waals surface area contributed by atoms with E-state index >= 15 is 0 Å². The molecular weight excluding hydrogens is 468 g/mol. The van der Waals surface area contributed by atoms with Crippen LogP contribution in [0.3, 0.4) is 0 Å². The second-order valence-corrected chi connectivity index (χ2v) is 9.68. The van der Waals surface area contributed by atoms with Gasteiger partial charge in [-0.2, -0.15) is 0 Å². The molecule has 0 saturated carbocycles. The van der Waals surface area contributed by atoms with Gasteiger partial charge in [-0.05, 0) is 56.8 Å². The highest BCUT2D eigenvalue weighted by molar-refractivity contribution is 5.98. The summed E-state index contributed by atoms with van der Waals surface area (Å²) in [5.41, 5.74) is 3.98. The molecular formula is C28H32N6O3. The van der Waals surface area contributed by atoms with Crippen LogP contribution in [0.2, 0.25) is 0 Å². The minimum absolute atomic E-state index is 0.0448. The van der Waals surface area contributed by atoms with Gasteiger partial charge in [-0.1, -0.05) is 6.07 Å². The number of benzene rings is 1. The van der Waals surface area contributed by atoms with Gasteiger partial charge in [0.2, 0.25) is 0 Å². The molecule has 9 heteroatoms. The Balaban J connectivity index is 1.31. The predicted octanol–water partition coefficient (Wildman–Crippen LogP) is 3.15. The maximum Gasteiger partial charge on any atom is 0.270 e. The number of nitrogens with one attached hydrogen (secondary N) is 1. The number of fused-ring (bicyclic) bond motifs is 1. The monoisotopic (exact) mass is 500 g/mol. The fraction of sp³-hybridized carbons (Fsp3) is 0.357. The number of nitrogens with zero attached hydrogens (tertiary/aromatic N) is 5. The third-order valence-electron chi connectivity index (χ3n) is 6.77. The molecule has 0 radical (unpaired) electrons. The van der Waals surface area contributed by atoms with Crippen molar-refractivity contribution >= 4 is 16.8 Å². The predicted molar refractivity (Wildman–Crippen MR) is 142 cm³/mol. The molecule has 0 bridgehead atoms. The Morgan fingerprint density at radius 3 is 2.59 bits per heavy atom. The molecule has 1 amide bonds. The van der Waals surface area contributed by atoms with Crippen LogP contribution in [0.25, 0.3) is 22.3 Å². The number of hydrogen-bond donors (Lipinski definition) is 2. The molecule has 4 heterocycles. The number of aromatic amines is 1. The molecule has 192 valence electrons. The fourth-order valence-corrected chi connectivity index (χ4v) is 4.33. The van der Waals surface area contributed by atoms with Crippen LogP contribution >= 0.6 is 0 Å². The second-order valence-electron chi connectivity index (χ2n) is 9.68. The van der Waals surface area contributed by atoms with E-state index in [1.807, 2.05) is 42.2 Å². The highest BCUT2D eigenvalue weighted by Gasteiger charge is 2.22. The smallest absolute Gasteiger partial charge is 0.270 e. The van der Waals surface area contributed by atoms with E-state index in [1.54, 1.807) is 25.4 Å². The number of piperazine rings is 1. The highest BCUT2D eigenvalue weighted by Crippen LogP contribution is 2.23. The average Bonchev–Trinajstić information content (AvgIpc) is 3.32. The zero-order valence-electron chi connectivity index (χ0n) is 21.4. The summed E-state index contributed by atoms with van der Waals surface area (Å²) in [6.07, 6.45) is 3.03. The third-order valence-corrected chi connectivity index (χ3v) is 6.77. The zero-order chi connectivity index (χ0) is 25.9. The van der Waals surface area contributed by atoms with E-state index in [0.717, 1.165) is 42.6 Å². The Hall–Kier alpha value is -3.82. The van der Waals surface area contributed by atoms with Gasteiger partial charge in [0.25, 0.3) is 5.91 Å². The second kappa shape index (κ2) is 10.7. The number of carbonyl (C=O) groups is 1. The lowest BCUT2D eigenvalue weighted by atomic mass is 10.1. The molecule has 0 aliphatic carbocycles. The topological polar surface area (TPSA) is 107 Å². The maximum absolute atomic E-state index is 13.0. The SMILES string of the molecule is C[C@H](O)[C@H](C)Oc1ccnc(-c2ccnc(Cc3ccc4[nH]c(C(=O)N5CCN(C)CC5)cc4c3)n2)c1. The van der Waals surface area contributed by atoms with Crippen LogP contribution in [-0.4, -0.2) is 86.2 Å². The maximum atomic E-state index is 13.0. The van der Waals surface area contributed by atoms with Crippen molar-refractivity contribution in [1.82, 2.24) is 29.7 Å². The molecule has 1 aromatic carbocycles. The van der Waals surface area contributed by atoms with Crippen molar-refractivity contribution in [3.8, 4) is 17.1 Å². The summed E-state index contributed by atoms with van der Waals surface area (Å²) < 4.78 is 5.80. The number of pyridine rings is 1. The summed E-state index contributed by atoms with van der Waals surface area (Å²) in [6.45, 7) is 6.78. The summed E-state index contributed by atoms with van der Waals surface area (Å²) in [5, 5.41) is 10.7. The molecule has 1 fully saturated rings. The Kier molecular flexibility index (Phi) is 7.16. The van der Waals surface area contributed by atoms with E-state index in [9.17, 15) is 9.90 Å². The van der Waals surface area contributed by atoms with Crippen LogP contribution in [0.1, 0.15) is 35.7 Å². The first-order chi connectivity index (χ1) is 17.9. The van der Waals surface area contributed by atoms with Gasteiger partial charge >= 0.3 is 0 Å². The summed E-state index contributed by atoms with van der Waals surface area (Å²) in [7, 11) is 2.08. The van der Waals surface area contributed by atoms with Gasteiger partial charge < -0.3 is 24.6 Å². The zero-order valence-corrected chi connectivity index (χ0v) is 21.4. The Morgan fingerprint density at radius 2 is 1.81 bits per heavy atom. The van der Waals surface area contributed by atoms with Gasteiger partial charge in [0.1, 0.15) is 23.4 Å². The summed E-state index contributed by atoms with van der Waals surface area (Å²) >= 11 is 0. The van der Waals surface area contributed by atoms with Gasteiger partial charge in [-0.25, -0.2) is 9.97 Å². The Morgan fingerprint density at radius 1 is 1.03 bits per heavy atom. The van der Waals surface area contributed by atoms with Gasteiger partial charge in [0, 0.05) is 62.0 Å². The lowest BCUT2D eigenvalue weighted by molar-refractivity contribution is 0.0604.